The van der Waals surface area contributed by atoms with Gasteiger partial charge in [0.15, 0.2) is 0 Å². The third-order valence-corrected chi connectivity index (χ3v) is 7.24. The number of piperidine rings is 1. The van der Waals surface area contributed by atoms with Crippen LogP contribution < -0.4 is 10.1 Å². The fourth-order valence-electron chi connectivity index (χ4n) is 3.55. The van der Waals surface area contributed by atoms with Gasteiger partial charge in [0.1, 0.15) is 10.6 Å². The Hall–Kier alpha value is -2.59. The number of carbonyl (C=O) groups excluding carboxylic acids is 1. The molecule has 1 N–H and O–H groups in total. The van der Waals surface area contributed by atoms with Crippen LogP contribution in [0.2, 0.25) is 0 Å². The molecule has 2 aromatic carbocycles. The van der Waals surface area contributed by atoms with Crippen LogP contribution in [0.5, 0.6) is 5.75 Å². The third-order valence-electron chi connectivity index (χ3n) is 5.20. The number of nitrogens with one attached hydrogen (secondary N) is 1. The summed E-state index contributed by atoms with van der Waals surface area (Å²) in [5.74, 6) is -0.640. The van der Waals surface area contributed by atoms with Crippen molar-refractivity contribution in [3.05, 3.63) is 53.6 Å². The highest BCUT2D eigenvalue weighted by molar-refractivity contribution is 7.89. The Morgan fingerprint density at radius 2 is 1.90 bits per heavy atom. The third kappa shape index (κ3) is 5.01. The molecule has 0 radical (unpaired) electrons. The van der Waals surface area contributed by atoms with Gasteiger partial charge in [-0.15, -0.1) is 0 Å². The molecule has 1 aliphatic heterocycles. The lowest BCUT2D eigenvalue weighted by Gasteiger charge is -2.32. The van der Waals surface area contributed by atoms with E-state index in [1.165, 1.54) is 41.7 Å². The second kappa shape index (κ2) is 8.88. The van der Waals surface area contributed by atoms with Crippen molar-refractivity contribution in [2.45, 2.75) is 43.3 Å². The standard InChI is InChI=1S/C21H23F3N2O4S/c1-14-6-3-4-11-26(14)31(28,29)19-12-15(9-10-18(19)30-2)20(27)25-17-8-5-7-16(13-17)21(22,23)24/h5,7-10,12-14H,3-4,6,11H2,1-2H3,(H,25,27). The Morgan fingerprint density at radius 1 is 1.16 bits per heavy atom. The molecule has 1 amide bonds. The number of carbonyl (C=O) groups is 1. The minimum absolute atomic E-state index is 0.0125. The van der Waals surface area contributed by atoms with Crippen LogP contribution in [-0.2, 0) is 16.2 Å². The minimum Gasteiger partial charge on any atom is -0.495 e. The van der Waals surface area contributed by atoms with Gasteiger partial charge in [0.25, 0.3) is 5.91 Å². The van der Waals surface area contributed by atoms with E-state index in [1.54, 1.807) is 0 Å². The molecule has 31 heavy (non-hydrogen) atoms. The summed E-state index contributed by atoms with van der Waals surface area (Å²) in [6.45, 7) is 2.20. The van der Waals surface area contributed by atoms with Gasteiger partial charge in [-0.2, -0.15) is 17.5 Å². The van der Waals surface area contributed by atoms with Crippen LogP contribution in [-0.4, -0.2) is 38.3 Å². The van der Waals surface area contributed by atoms with Crippen LogP contribution in [0.1, 0.15) is 42.1 Å². The molecule has 0 saturated carbocycles. The average Bonchev–Trinajstić information content (AvgIpc) is 2.73. The molecule has 10 heteroatoms. The molecular weight excluding hydrogens is 433 g/mol. The van der Waals surface area contributed by atoms with Gasteiger partial charge in [-0.25, -0.2) is 8.42 Å². The summed E-state index contributed by atoms with van der Waals surface area (Å²) in [7, 11) is -2.60. The number of alkyl halides is 3. The normalized spacial score (nSPS) is 17.9. The maximum absolute atomic E-state index is 13.3. The van der Waals surface area contributed by atoms with Gasteiger partial charge >= 0.3 is 6.18 Å². The average molecular weight is 456 g/mol. The van der Waals surface area contributed by atoms with E-state index in [4.69, 9.17) is 4.74 Å². The maximum atomic E-state index is 13.3. The van der Waals surface area contributed by atoms with Gasteiger partial charge in [0, 0.05) is 23.8 Å². The molecular formula is C21H23F3N2O4S. The lowest BCUT2D eigenvalue weighted by atomic mass is 10.1. The highest BCUT2D eigenvalue weighted by Crippen LogP contribution is 2.33. The van der Waals surface area contributed by atoms with Crippen molar-refractivity contribution in [3.63, 3.8) is 0 Å². The van der Waals surface area contributed by atoms with E-state index in [0.717, 1.165) is 31.4 Å². The van der Waals surface area contributed by atoms with Crippen molar-refractivity contribution in [3.8, 4) is 5.75 Å². The fourth-order valence-corrected chi connectivity index (χ4v) is 5.43. The summed E-state index contributed by atoms with van der Waals surface area (Å²) in [6, 6.07) is 7.94. The zero-order chi connectivity index (χ0) is 22.8. The van der Waals surface area contributed by atoms with Crippen molar-refractivity contribution in [1.82, 2.24) is 4.31 Å². The van der Waals surface area contributed by atoms with Crippen molar-refractivity contribution in [2.75, 3.05) is 19.0 Å². The molecule has 1 unspecified atom stereocenters. The van der Waals surface area contributed by atoms with E-state index in [9.17, 15) is 26.4 Å². The summed E-state index contributed by atoms with van der Waals surface area (Å²) < 4.78 is 71.8. The van der Waals surface area contributed by atoms with E-state index in [0.29, 0.717) is 6.54 Å². The summed E-state index contributed by atoms with van der Waals surface area (Å²) in [5, 5.41) is 2.39. The highest BCUT2D eigenvalue weighted by atomic mass is 32.2. The summed E-state index contributed by atoms with van der Waals surface area (Å²) in [4.78, 5) is 12.5. The van der Waals surface area contributed by atoms with E-state index in [2.05, 4.69) is 5.32 Å². The molecule has 3 rings (SSSR count). The van der Waals surface area contributed by atoms with Crippen LogP contribution in [0.15, 0.2) is 47.4 Å². The molecule has 1 atom stereocenters. The number of benzene rings is 2. The first-order chi connectivity index (χ1) is 14.5. The van der Waals surface area contributed by atoms with Crippen molar-refractivity contribution in [2.24, 2.45) is 0 Å². The van der Waals surface area contributed by atoms with Crippen LogP contribution >= 0.6 is 0 Å². The predicted molar refractivity (Wildman–Crippen MR) is 110 cm³/mol. The number of sulfonamides is 1. The molecule has 0 spiro atoms. The molecule has 168 valence electrons. The van der Waals surface area contributed by atoms with E-state index >= 15 is 0 Å². The molecule has 0 aliphatic carbocycles. The Kier molecular flexibility index (Phi) is 6.61. The lowest BCUT2D eigenvalue weighted by Crippen LogP contribution is -2.42. The Balaban J connectivity index is 1.92. The minimum atomic E-state index is -4.55. The number of amides is 1. The number of hydrogen-bond donors (Lipinski definition) is 1. The quantitative estimate of drug-likeness (QED) is 0.717. The first kappa shape index (κ1) is 23.1. The van der Waals surface area contributed by atoms with Crippen LogP contribution in [0.3, 0.4) is 0 Å². The number of hydrogen-bond acceptors (Lipinski definition) is 4. The fraction of sp³-hybridized carbons (Fsp3) is 0.381. The van der Waals surface area contributed by atoms with Gasteiger partial charge < -0.3 is 10.1 Å². The molecule has 2 aromatic rings. The molecule has 1 fully saturated rings. The second-order valence-corrected chi connectivity index (χ2v) is 9.22. The first-order valence-electron chi connectivity index (χ1n) is 9.72. The van der Waals surface area contributed by atoms with Crippen molar-refractivity contribution >= 4 is 21.6 Å². The Bertz CT molecular complexity index is 1070. The number of nitrogens with zero attached hydrogens (tertiary/aromatic N) is 1. The van der Waals surface area contributed by atoms with Crippen LogP contribution in [0, 0.1) is 0 Å². The molecule has 0 bridgehead atoms. The molecule has 1 saturated heterocycles. The monoisotopic (exact) mass is 456 g/mol. The van der Waals surface area contributed by atoms with Gasteiger partial charge in [0.05, 0.1) is 12.7 Å². The number of halogens is 3. The topological polar surface area (TPSA) is 75.7 Å². The number of anilines is 1. The molecule has 0 aromatic heterocycles. The van der Waals surface area contributed by atoms with Gasteiger partial charge in [-0.3, -0.25) is 4.79 Å². The lowest BCUT2D eigenvalue weighted by molar-refractivity contribution is -0.137. The van der Waals surface area contributed by atoms with Gasteiger partial charge in [-0.1, -0.05) is 12.5 Å². The second-order valence-electron chi connectivity index (χ2n) is 7.36. The predicted octanol–water partition coefficient (Wildman–Crippen LogP) is 4.53. The zero-order valence-electron chi connectivity index (χ0n) is 17.1. The van der Waals surface area contributed by atoms with Crippen molar-refractivity contribution < 1.29 is 31.1 Å². The highest BCUT2D eigenvalue weighted by Gasteiger charge is 2.34. The summed E-state index contributed by atoms with van der Waals surface area (Å²) in [6.07, 6.45) is -2.14. The zero-order valence-corrected chi connectivity index (χ0v) is 17.9. The van der Waals surface area contributed by atoms with Gasteiger partial charge in [-0.05, 0) is 56.2 Å². The van der Waals surface area contributed by atoms with Gasteiger partial charge in [0.2, 0.25) is 10.0 Å². The number of methoxy groups -OCH3 is 1. The molecule has 1 aliphatic rings. The van der Waals surface area contributed by atoms with E-state index in [-0.39, 0.29) is 27.9 Å². The molecule has 6 nitrogen and oxygen atoms in total. The maximum Gasteiger partial charge on any atom is 0.416 e. The summed E-state index contributed by atoms with van der Waals surface area (Å²) >= 11 is 0. The van der Waals surface area contributed by atoms with Crippen LogP contribution in [0.4, 0.5) is 18.9 Å². The number of rotatable bonds is 5. The first-order valence-corrected chi connectivity index (χ1v) is 11.2. The smallest absolute Gasteiger partial charge is 0.416 e. The largest absolute Gasteiger partial charge is 0.495 e. The van der Waals surface area contributed by atoms with E-state index in [1.807, 2.05) is 6.92 Å². The number of ether oxygens (including phenoxy) is 1. The van der Waals surface area contributed by atoms with E-state index < -0.39 is 27.7 Å². The van der Waals surface area contributed by atoms with Crippen LogP contribution in [0.25, 0.3) is 0 Å². The Morgan fingerprint density at radius 3 is 2.55 bits per heavy atom. The Labute approximate surface area is 179 Å². The summed E-state index contributed by atoms with van der Waals surface area (Å²) in [5.41, 5.74) is -0.964. The van der Waals surface area contributed by atoms with Crippen molar-refractivity contribution in [1.29, 1.82) is 0 Å². The SMILES string of the molecule is COc1ccc(C(=O)Nc2cccc(C(F)(F)F)c2)cc1S(=O)(=O)N1CCCCC1C. The molecule has 1 heterocycles.